The van der Waals surface area contributed by atoms with Gasteiger partial charge in [0, 0.05) is 31.0 Å². The number of carbonyl (C=O) groups excluding carboxylic acids is 3. The summed E-state index contributed by atoms with van der Waals surface area (Å²) in [6.45, 7) is 0.317. The number of hydrogen-bond acceptors (Lipinski definition) is 5. The van der Waals surface area contributed by atoms with Crippen molar-refractivity contribution in [3.63, 3.8) is 0 Å². The summed E-state index contributed by atoms with van der Waals surface area (Å²) in [5.41, 5.74) is 2.93. The third-order valence-corrected chi connectivity index (χ3v) is 4.75. The molecule has 0 aromatic heterocycles. The second kappa shape index (κ2) is 10.4. The van der Waals surface area contributed by atoms with Gasteiger partial charge in [0.25, 0.3) is 0 Å². The summed E-state index contributed by atoms with van der Waals surface area (Å²) in [6, 6.07) is 14.2. The van der Waals surface area contributed by atoms with Gasteiger partial charge in [0.15, 0.2) is 0 Å². The molecular weight excluding hydrogens is 384 g/mol. The van der Waals surface area contributed by atoms with E-state index in [4.69, 9.17) is 0 Å². The van der Waals surface area contributed by atoms with Crippen molar-refractivity contribution in [1.29, 1.82) is 0 Å². The molecule has 2 amide bonds. The highest BCUT2D eigenvalue weighted by Crippen LogP contribution is 2.16. The molecule has 2 rings (SSSR count). The minimum absolute atomic E-state index is 0.00250. The van der Waals surface area contributed by atoms with E-state index in [1.165, 1.54) is 31.4 Å². The van der Waals surface area contributed by atoms with Crippen LogP contribution in [0.5, 0.6) is 0 Å². The van der Waals surface area contributed by atoms with Gasteiger partial charge in [-0.05, 0) is 36.4 Å². The van der Waals surface area contributed by atoms with Gasteiger partial charge in [0.1, 0.15) is 6.04 Å². The molecule has 2 aromatic rings. The van der Waals surface area contributed by atoms with E-state index in [0.29, 0.717) is 17.8 Å². The molecule has 3 N–H and O–H groups in total. The first-order valence-electron chi connectivity index (χ1n) is 9.57. The Morgan fingerprint density at radius 2 is 1.57 bits per heavy atom. The quantitative estimate of drug-likeness (QED) is 0.454. The fourth-order valence-corrected chi connectivity index (χ4v) is 2.93. The summed E-state index contributed by atoms with van der Waals surface area (Å²) >= 11 is 0. The van der Waals surface area contributed by atoms with Crippen LogP contribution in [0.15, 0.2) is 48.5 Å². The van der Waals surface area contributed by atoms with Crippen LogP contribution in [0.1, 0.15) is 22.0 Å². The number of ether oxygens (including phenoxy) is 1. The third-order valence-electron chi connectivity index (χ3n) is 4.75. The molecule has 0 saturated heterocycles. The van der Waals surface area contributed by atoms with Crippen LogP contribution in [-0.2, 0) is 14.3 Å². The second-order valence-corrected chi connectivity index (χ2v) is 7.35. The van der Waals surface area contributed by atoms with E-state index in [-0.39, 0.29) is 6.04 Å². The van der Waals surface area contributed by atoms with Gasteiger partial charge in [-0.1, -0.05) is 12.1 Å². The van der Waals surface area contributed by atoms with Crippen LogP contribution in [0.25, 0.3) is 0 Å². The Labute approximate surface area is 176 Å². The summed E-state index contributed by atoms with van der Waals surface area (Å²) in [7, 11) is 9.25. The van der Waals surface area contributed by atoms with Gasteiger partial charge in [-0.3, -0.25) is 9.59 Å². The average Bonchev–Trinajstić information content (AvgIpc) is 2.73. The number of esters is 1. The van der Waals surface area contributed by atoms with Crippen LogP contribution < -0.4 is 20.4 Å². The van der Waals surface area contributed by atoms with Crippen molar-refractivity contribution in [2.45, 2.75) is 6.04 Å². The summed E-state index contributed by atoms with van der Waals surface area (Å²) in [6.07, 6.45) is 0. The second-order valence-electron chi connectivity index (χ2n) is 7.35. The van der Waals surface area contributed by atoms with Gasteiger partial charge >= 0.3 is 17.8 Å². The summed E-state index contributed by atoms with van der Waals surface area (Å²) in [4.78, 5) is 39.1. The summed E-state index contributed by atoms with van der Waals surface area (Å²) in [5.74, 6) is -1.96. The normalized spacial score (nSPS) is 11.5. The monoisotopic (exact) mass is 413 g/mol. The molecule has 30 heavy (non-hydrogen) atoms. The van der Waals surface area contributed by atoms with Gasteiger partial charge < -0.3 is 25.2 Å². The molecule has 0 fully saturated rings. The summed E-state index contributed by atoms with van der Waals surface area (Å²) in [5, 5.41) is 5.23. The number of methoxy groups -OCH3 is 1. The Morgan fingerprint density at radius 1 is 0.967 bits per heavy atom. The van der Waals surface area contributed by atoms with Crippen molar-refractivity contribution in [3.05, 3.63) is 59.7 Å². The SMILES string of the molecule is COC(=O)c1ccc(NC(=O)C(=O)NC[C@H](c2ccc(N(C)C)cc2)[NH+](C)C)cc1. The van der Waals surface area contributed by atoms with Gasteiger partial charge in [-0.2, -0.15) is 0 Å². The van der Waals surface area contributed by atoms with Crippen LogP contribution in [0, 0.1) is 0 Å². The molecule has 0 aliphatic carbocycles. The van der Waals surface area contributed by atoms with Crippen molar-refractivity contribution < 1.29 is 24.0 Å². The highest BCUT2D eigenvalue weighted by molar-refractivity contribution is 6.39. The molecule has 0 radical (unpaired) electrons. The van der Waals surface area contributed by atoms with E-state index < -0.39 is 17.8 Å². The Hall–Kier alpha value is -3.39. The minimum Gasteiger partial charge on any atom is -0.465 e. The maximum Gasteiger partial charge on any atom is 0.337 e. The molecule has 0 bridgehead atoms. The van der Waals surface area contributed by atoms with E-state index in [1.807, 2.05) is 57.4 Å². The molecule has 0 aliphatic heterocycles. The molecule has 0 aliphatic rings. The number of rotatable bonds is 7. The standard InChI is InChI=1S/C22H28N4O4/c1-25(2)18-12-8-15(9-13-18)19(26(3)4)14-23-20(27)21(28)24-17-10-6-16(7-11-17)22(29)30-5/h6-13,19H,14H2,1-5H3,(H,23,27)(H,24,28)/p+1/t19-/m1/s1. The largest absolute Gasteiger partial charge is 0.465 e. The fraction of sp³-hybridized carbons (Fsp3) is 0.318. The third kappa shape index (κ3) is 6.05. The predicted molar refractivity (Wildman–Crippen MR) is 116 cm³/mol. The number of amides is 2. The molecule has 8 heteroatoms. The first kappa shape index (κ1) is 22.9. The van der Waals surface area contributed by atoms with Crippen molar-refractivity contribution in [2.75, 3.05) is 52.1 Å². The Balaban J connectivity index is 1.96. The first-order valence-corrected chi connectivity index (χ1v) is 9.57. The fourth-order valence-electron chi connectivity index (χ4n) is 2.93. The number of carbonyl (C=O) groups is 3. The Morgan fingerprint density at radius 3 is 2.07 bits per heavy atom. The molecular formula is C22H29N4O4+. The zero-order valence-electron chi connectivity index (χ0n) is 18.0. The maximum atomic E-state index is 12.3. The summed E-state index contributed by atoms with van der Waals surface area (Å²) < 4.78 is 4.63. The maximum absolute atomic E-state index is 12.3. The number of quaternary nitrogens is 1. The van der Waals surface area contributed by atoms with Crippen molar-refractivity contribution >= 4 is 29.2 Å². The molecule has 2 aromatic carbocycles. The molecule has 0 saturated carbocycles. The first-order chi connectivity index (χ1) is 14.2. The van der Waals surface area contributed by atoms with Crippen LogP contribution in [0.4, 0.5) is 11.4 Å². The van der Waals surface area contributed by atoms with E-state index in [9.17, 15) is 14.4 Å². The lowest BCUT2D eigenvalue weighted by Crippen LogP contribution is -3.07. The smallest absolute Gasteiger partial charge is 0.337 e. The van der Waals surface area contributed by atoms with E-state index in [2.05, 4.69) is 15.4 Å². The number of benzene rings is 2. The average molecular weight is 413 g/mol. The number of likely N-dealkylation sites (N-methyl/N-ethyl adjacent to an activating group) is 1. The topological polar surface area (TPSA) is 92.2 Å². The lowest BCUT2D eigenvalue weighted by molar-refractivity contribution is -0.890. The predicted octanol–water partition coefficient (Wildman–Crippen LogP) is 0.480. The van der Waals surface area contributed by atoms with Crippen molar-refractivity contribution in [2.24, 2.45) is 0 Å². The number of anilines is 2. The molecule has 8 nitrogen and oxygen atoms in total. The minimum atomic E-state index is -0.767. The molecule has 160 valence electrons. The van der Waals surface area contributed by atoms with Crippen LogP contribution in [0.3, 0.4) is 0 Å². The van der Waals surface area contributed by atoms with Gasteiger partial charge in [-0.25, -0.2) is 4.79 Å². The lowest BCUT2D eigenvalue weighted by Gasteiger charge is -2.23. The Kier molecular flexibility index (Phi) is 7.94. The number of hydrogen-bond donors (Lipinski definition) is 3. The zero-order valence-corrected chi connectivity index (χ0v) is 18.0. The van der Waals surface area contributed by atoms with Crippen molar-refractivity contribution in [1.82, 2.24) is 5.32 Å². The van der Waals surface area contributed by atoms with E-state index >= 15 is 0 Å². The highest BCUT2D eigenvalue weighted by atomic mass is 16.5. The van der Waals surface area contributed by atoms with Crippen LogP contribution in [0.2, 0.25) is 0 Å². The van der Waals surface area contributed by atoms with Gasteiger partial charge in [-0.15, -0.1) is 0 Å². The van der Waals surface area contributed by atoms with Crippen LogP contribution >= 0.6 is 0 Å². The zero-order chi connectivity index (χ0) is 22.3. The lowest BCUT2D eigenvalue weighted by atomic mass is 10.1. The van der Waals surface area contributed by atoms with E-state index in [0.717, 1.165) is 16.2 Å². The number of nitrogens with zero attached hydrogens (tertiary/aromatic N) is 1. The Bertz CT molecular complexity index is 877. The van der Waals surface area contributed by atoms with Gasteiger partial charge in [0.2, 0.25) is 0 Å². The van der Waals surface area contributed by atoms with Gasteiger partial charge in [0.05, 0.1) is 33.3 Å². The van der Waals surface area contributed by atoms with E-state index in [1.54, 1.807) is 0 Å². The highest BCUT2D eigenvalue weighted by Gasteiger charge is 2.21. The number of nitrogens with one attached hydrogen (secondary N) is 3. The molecule has 1 atom stereocenters. The molecule has 0 unspecified atom stereocenters. The molecule has 0 heterocycles. The molecule has 0 spiro atoms. The van der Waals surface area contributed by atoms with Crippen molar-refractivity contribution in [3.8, 4) is 0 Å². The van der Waals surface area contributed by atoms with Crippen LogP contribution in [-0.4, -0.2) is 59.6 Å².